The molecule has 0 unspecified atom stereocenters. The fourth-order valence-corrected chi connectivity index (χ4v) is 3.59. The summed E-state index contributed by atoms with van der Waals surface area (Å²) in [5, 5.41) is 4.15. The summed E-state index contributed by atoms with van der Waals surface area (Å²) in [6, 6.07) is 8.10. The van der Waals surface area contributed by atoms with E-state index in [2.05, 4.69) is 29.2 Å². The van der Waals surface area contributed by atoms with Crippen LogP contribution >= 0.6 is 0 Å². The van der Waals surface area contributed by atoms with Gasteiger partial charge in [0.25, 0.3) is 0 Å². The third-order valence-corrected chi connectivity index (χ3v) is 5.25. The van der Waals surface area contributed by atoms with Crippen LogP contribution in [0.1, 0.15) is 49.5 Å². The summed E-state index contributed by atoms with van der Waals surface area (Å²) < 4.78 is 5.53. The predicted octanol–water partition coefficient (Wildman–Crippen LogP) is 3.55. The lowest BCUT2D eigenvalue weighted by atomic mass is 9.83. The molecular weight excluding hydrogens is 302 g/mol. The Kier molecular flexibility index (Phi) is 4.08. The molecule has 0 radical (unpaired) electrons. The fourth-order valence-electron chi connectivity index (χ4n) is 3.59. The van der Waals surface area contributed by atoms with Gasteiger partial charge in [0.2, 0.25) is 17.6 Å². The predicted molar refractivity (Wildman–Crippen MR) is 90.4 cm³/mol. The Hall–Kier alpha value is -2.17. The SMILES string of the molecule is Cc1cccc(-c2noc([C@H]3CCCN(C(=O)C4CCC4)C3)n2)c1. The summed E-state index contributed by atoms with van der Waals surface area (Å²) in [5.41, 5.74) is 2.15. The second-order valence-corrected chi connectivity index (χ2v) is 7.08. The zero-order valence-electron chi connectivity index (χ0n) is 14.1. The van der Waals surface area contributed by atoms with Gasteiger partial charge in [-0.1, -0.05) is 35.3 Å². The summed E-state index contributed by atoms with van der Waals surface area (Å²) in [4.78, 5) is 19.1. The third kappa shape index (κ3) is 2.95. The molecule has 5 nitrogen and oxygen atoms in total. The Labute approximate surface area is 142 Å². The van der Waals surface area contributed by atoms with E-state index >= 15 is 0 Å². The summed E-state index contributed by atoms with van der Waals surface area (Å²) in [5.74, 6) is 2.04. The van der Waals surface area contributed by atoms with Crippen LogP contribution in [0.5, 0.6) is 0 Å². The highest BCUT2D eigenvalue weighted by Gasteiger charge is 2.34. The first-order chi connectivity index (χ1) is 11.7. The normalized spacial score (nSPS) is 21.5. The number of nitrogens with zero attached hydrogens (tertiary/aromatic N) is 3. The molecule has 4 rings (SSSR count). The minimum absolute atomic E-state index is 0.161. The number of hydrogen-bond acceptors (Lipinski definition) is 4. The fraction of sp³-hybridized carbons (Fsp3) is 0.526. The highest BCUT2D eigenvalue weighted by Crippen LogP contribution is 2.32. The number of rotatable bonds is 3. The molecule has 0 bridgehead atoms. The molecule has 1 aliphatic carbocycles. The van der Waals surface area contributed by atoms with Crippen molar-refractivity contribution in [1.29, 1.82) is 0 Å². The van der Waals surface area contributed by atoms with Crippen molar-refractivity contribution in [2.45, 2.75) is 44.9 Å². The number of aryl methyl sites for hydroxylation is 1. The van der Waals surface area contributed by atoms with E-state index in [9.17, 15) is 4.79 Å². The molecule has 2 aliphatic rings. The van der Waals surface area contributed by atoms with E-state index < -0.39 is 0 Å². The van der Waals surface area contributed by atoms with Crippen LogP contribution in [-0.4, -0.2) is 34.0 Å². The van der Waals surface area contributed by atoms with Gasteiger partial charge in [-0.05, 0) is 38.7 Å². The van der Waals surface area contributed by atoms with Gasteiger partial charge in [-0.25, -0.2) is 0 Å². The number of benzene rings is 1. The van der Waals surface area contributed by atoms with Gasteiger partial charge >= 0.3 is 0 Å². The van der Waals surface area contributed by atoms with Crippen LogP contribution in [0, 0.1) is 12.8 Å². The van der Waals surface area contributed by atoms with Gasteiger partial charge < -0.3 is 9.42 Å². The van der Waals surface area contributed by atoms with E-state index in [1.54, 1.807) is 0 Å². The molecule has 5 heteroatoms. The second-order valence-electron chi connectivity index (χ2n) is 7.08. The van der Waals surface area contributed by atoms with Crippen molar-refractivity contribution in [3.63, 3.8) is 0 Å². The molecule has 1 aromatic heterocycles. The molecule has 2 heterocycles. The molecular formula is C19H23N3O2. The van der Waals surface area contributed by atoms with Gasteiger partial charge in [-0.15, -0.1) is 0 Å². The first kappa shape index (κ1) is 15.4. The quantitative estimate of drug-likeness (QED) is 0.866. The Balaban J connectivity index is 1.48. The van der Waals surface area contributed by atoms with Crippen molar-refractivity contribution in [3.05, 3.63) is 35.7 Å². The molecule has 1 aliphatic heterocycles. The maximum absolute atomic E-state index is 12.5. The lowest BCUT2D eigenvalue weighted by Gasteiger charge is -2.36. The van der Waals surface area contributed by atoms with E-state index in [1.165, 1.54) is 12.0 Å². The van der Waals surface area contributed by atoms with Crippen molar-refractivity contribution in [2.75, 3.05) is 13.1 Å². The van der Waals surface area contributed by atoms with Crippen LogP contribution in [0.2, 0.25) is 0 Å². The van der Waals surface area contributed by atoms with Crippen LogP contribution in [0.4, 0.5) is 0 Å². The zero-order chi connectivity index (χ0) is 16.5. The maximum Gasteiger partial charge on any atom is 0.231 e. The van der Waals surface area contributed by atoms with Gasteiger partial charge in [-0.3, -0.25) is 4.79 Å². The molecule has 2 aromatic rings. The number of likely N-dealkylation sites (tertiary alicyclic amines) is 1. The highest BCUT2D eigenvalue weighted by atomic mass is 16.5. The van der Waals surface area contributed by atoms with Gasteiger partial charge in [0.1, 0.15) is 0 Å². The molecule has 1 aromatic carbocycles. The standard InChI is InChI=1S/C19H23N3O2/c1-13-5-2-8-15(11-13)17-20-18(24-21-17)16-9-4-10-22(12-16)19(23)14-6-3-7-14/h2,5,8,11,14,16H,3-4,6-7,9-10,12H2,1H3/t16-/m0/s1. The number of piperidine rings is 1. The summed E-state index contributed by atoms with van der Waals surface area (Å²) >= 11 is 0. The van der Waals surface area contributed by atoms with Gasteiger partial charge in [-0.2, -0.15) is 4.98 Å². The monoisotopic (exact) mass is 325 g/mol. The highest BCUT2D eigenvalue weighted by molar-refractivity contribution is 5.79. The number of carbonyl (C=O) groups is 1. The molecule has 1 atom stereocenters. The molecule has 1 amide bonds. The summed E-state index contributed by atoms with van der Waals surface area (Å²) in [6.07, 6.45) is 5.31. The van der Waals surface area contributed by atoms with Crippen molar-refractivity contribution in [3.8, 4) is 11.4 Å². The van der Waals surface area contributed by atoms with Crippen molar-refractivity contribution in [1.82, 2.24) is 15.0 Å². The lowest BCUT2D eigenvalue weighted by Crippen LogP contribution is -2.44. The minimum atomic E-state index is 0.161. The average Bonchev–Trinajstić information content (AvgIpc) is 3.03. The first-order valence-electron chi connectivity index (χ1n) is 8.90. The van der Waals surface area contributed by atoms with Gasteiger partial charge in [0.05, 0.1) is 5.92 Å². The van der Waals surface area contributed by atoms with E-state index in [1.807, 2.05) is 17.0 Å². The van der Waals surface area contributed by atoms with Gasteiger partial charge in [0, 0.05) is 24.6 Å². The van der Waals surface area contributed by atoms with E-state index in [0.29, 0.717) is 24.2 Å². The topological polar surface area (TPSA) is 59.2 Å². The van der Waals surface area contributed by atoms with Crippen molar-refractivity contribution >= 4 is 5.91 Å². The largest absolute Gasteiger partial charge is 0.342 e. The number of hydrogen-bond donors (Lipinski definition) is 0. The lowest BCUT2D eigenvalue weighted by molar-refractivity contribution is -0.139. The smallest absolute Gasteiger partial charge is 0.231 e. The first-order valence-corrected chi connectivity index (χ1v) is 8.90. The van der Waals surface area contributed by atoms with Crippen LogP contribution in [0.25, 0.3) is 11.4 Å². The van der Waals surface area contributed by atoms with Crippen LogP contribution < -0.4 is 0 Å². The summed E-state index contributed by atoms with van der Waals surface area (Å²) in [6.45, 7) is 3.63. The van der Waals surface area contributed by atoms with Crippen molar-refractivity contribution in [2.24, 2.45) is 5.92 Å². The van der Waals surface area contributed by atoms with E-state index in [0.717, 1.165) is 37.8 Å². The molecule has 0 N–H and O–H groups in total. The summed E-state index contributed by atoms with van der Waals surface area (Å²) in [7, 11) is 0. The Morgan fingerprint density at radius 3 is 2.88 bits per heavy atom. The molecule has 1 saturated carbocycles. The third-order valence-electron chi connectivity index (χ3n) is 5.25. The molecule has 2 fully saturated rings. The van der Waals surface area contributed by atoms with Gasteiger partial charge in [0.15, 0.2) is 0 Å². The Morgan fingerprint density at radius 2 is 2.12 bits per heavy atom. The molecule has 24 heavy (non-hydrogen) atoms. The molecule has 126 valence electrons. The van der Waals surface area contributed by atoms with Crippen LogP contribution in [0.3, 0.4) is 0 Å². The van der Waals surface area contributed by atoms with E-state index in [-0.39, 0.29) is 11.8 Å². The average molecular weight is 325 g/mol. The zero-order valence-corrected chi connectivity index (χ0v) is 14.1. The van der Waals surface area contributed by atoms with Crippen molar-refractivity contribution < 1.29 is 9.32 Å². The Morgan fingerprint density at radius 1 is 1.25 bits per heavy atom. The minimum Gasteiger partial charge on any atom is -0.342 e. The molecule has 1 saturated heterocycles. The van der Waals surface area contributed by atoms with E-state index in [4.69, 9.17) is 4.52 Å². The number of aromatic nitrogens is 2. The second kappa shape index (κ2) is 6.38. The maximum atomic E-state index is 12.5. The van der Waals surface area contributed by atoms with Crippen LogP contribution in [-0.2, 0) is 4.79 Å². The number of amides is 1. The number of carbonyl (C=O) groups excluding carboxylic acids is 1. The Bertz CT molecular complexity index is 736. The molecule has 0 spiro atoms. The van der Waals surface area contributed by atoms with Crippen LogP contribution in [0.15, 0.2) is 28.8 Å².